The standard InChI is InChI=1S/C12H14N4O2/c1-3-13-10-5-4-6-11(12(10)16(17)18)15-8-7-14-9(15)2/h4-8,13H,3H2,1-2H3. The molecule has 1 heterocycles. The lowest BCUT2D eigenvalue weighted by Crippen LogP contribution is -2.06. The smallest absolute Gasteiger partial charge is 0.316 e. The van der Waals surface area contributed by atoms with Gasteiger partial charge in [0.15, 0.2) is 0 Å². The molecule has 0 amide bonds. The average Bonchev–Trinajstić information content (AvgIpc) is 2.75. The van der Waals surface area contributed by atoms with E-state index in [1.807, 2.05) is 13.8 Å². The molecule has 0 saturated heterocycles. The third kappa shape index (κ3) is 2.04. The summed E-state index contributed by atoms with van der Waals surface area (Å²) < 4.78 is 1.71. The zero-order chi connectivity index (χ0) is 13.1. The summed E-state index contributed by atoms with van der Waals surface area (Å²) in [6, 6.07) is 5.21. The summed E-state index contributed by atoms with van der Waals surface area (Å²) in [7, 11) is 0. The zero-order valence-corrected chi connectivity index (χ0v) is 10.3. The van der Waals surface area contributed by atoms with Gasteiger partial charge in [0.05, 0.1) is 4.92 Å². The molecule has 1 aromatic carbocycles. The van der Waals surface area contributed by atoms with Gasteiger partial charge in [-0.05, 0) is 26.0 Å². The van der Waals surface area contributed by atoms with Crippen LogP contribution in [0.25, 0.3) is 5.69 Å². The van der Waals surface area contributed by atoms with Crippen molar-refractivity contribution in [1.29, 1.82) is 0 Å². The second kappa shape index (κ2) is 4.87. The number of para-hydroxylation sites is 1. The molecule has 6 nitrogen and oxygen atoms in total. The highest BCUT2D eigenvalue weighted by Gasteiger charge is 2.21. The van der Waals surface area contributed by atoms with E-state index in [1.165, 1.54) is 0 Å². The van der Waals surface area contributed by atoms with Crippen LogP contribution in [-0.4, -0.2) is 21.0 Å². The number of nitrogens with one attached hydrogen (secondary N) is 1. The van der Waals surface area contributed by atoms with E-state index in [2.05, 4.69) is 10.3 Å². The molecule has 0 radical (unpaired) electrons. The average molecular weight is 246 g/mol. The number of nitro benzene ring substituents is 1. The van der Waals surface area contributed by atoms with E-state index >= 15 is 0 Å². The molecule has 0 spiro atoms. The van der Waals surface area contributed by atoms with Crippen LogP contribution in [-0.2, 0) is 0 Å². The maximum atomic E-state index is 11.3. The van der Waals surface area contributed by atoms with Crippen LogP contribution in [0, 0.1) is 17.0 Å². The maximum Gasteiger partial charge on any atom is 0.316 e. The Morgan fingerprint density at radius 2 is 2.28 bits per heavy atom. The lowest BCUT2D eigenvalue weighted by Gasteiger charge is -2.10. The summed E-state index contributed by atoms with van der Waals surface area (Å²) in [5.41, 5.74) is 1.11. The van der Waals surface area contributed by atoms with E-state index in [4.69, 9.17) is 0 Å². The van der Waals surface area contributed by atoms with Crippen molar-refractivity contribution < 1.29 is 4.92 Å². The fourth-order valence-electron chi connectivity index (χ4n) is 1.88. The van der Waals surface area contributed by atoms with Gasteiger partial charge in [-0.3, -0.25) is 14.7 Å². The van der Waals surface area contributed by atoms with Crippen molar-refractivity contribution in [2.45, 2.75) is 13.8 Å². The minimum atomic E-state index is -0.368. The fourth-order valence-corrected chi connectivity index (χ4v) is 1.88. The Bertz CT molecular complexity index is 577. The van der Waals surface area contributed by atoms with Crippen molar-refractivity contribution in [3.8, 4) is 5.69 Å². The summed E-state index contributed by atoms with van der Waals surface area (Å²) in [5.74, 6) is 0.715. The molecule has 1 aromatic heterocycles. The Morgan fingerprint density at radius 1 is 1.50 bits per heavy atom. The number of nitrogens with zero attached hydrogens (tertiary/aromatic N) is 3. The molecule has 0 bridgehead atoms. The minimum absolute atomic E-state index is 0.0699. The predicted molar refractivity (Wildman–Crippen MR) is 69.1 cm³/mol. The van der Waals surface area contributed by atoms with E-state index in [0.717, 1.165) is 0 Å². The molecule has 0 fully saturated rings. The first-order valence-electron chi connectivity index (χ1n) is 5.66. The summed E-state index contributed by atoms with van der Waals surface area (Å²) >= 11 is 0. The normalized spacial score (nSPS) is 10.3. The zero-order valence-electron chi connectivity index (χ0n) is 10.3. The summed E-state index contributed by atoms with van der Waals surface area (Å²) in [6.07, 6.45) is 3.34. The van der Waals surface area contributed by atoms with Crippen molar-refractivity contribution in [3.63, 3.8) is 0 Å². The Morgan fingerprint density at radius 3 is 2.83 bits per heavy atom. The van der Waals surface area contributed by atoms with Crippen LogP contribution in [0.5, 0.6) is 0 Å². The fraction of sp³-hybridized carbons (Fsp3) is 0.250. The molecule has 94 valence electrons. The first-order valence-corrected chi connectivity index (χ1v) is 5.66. The van der Waals surface area contributed by atoms with Crippen LogP contribution in [0.1, 0.15) is 12.7 Å². The van der Waals surface area contributed by atoms with Crippen LogP contribution in [0.15, 0.2) is 30.6 Å². The van der Waals surface area contributed by atoms with Gasteiger partial charge < -0.3 is 5.32 Å². The third-order valence-electron chi connectivity index (χ3n) is 2.65. The SMILES string of the molecule is CCNc1cccc(-n2ccnc2C)c1[N+](=O)[O-]. The van der Waals surface area contributed by atoms with Gasteiger partial charge in [0.25, 0.3) is 0 Å². The number of imidazole rings is 1. The van der Waals surface area contributed by atoms with Crippen LogP contribution in [0.3, 0.4) is 0 Å². The van der Waals surface area contributed by atoms with Gasteiger partial charge in [0, 0.05) is 18.9 Å². The molecule has 2 aromatic rings. The second-order valence-corrected chi connectivity index (χ2v) is 3.81. The van der Waals surface area contributed by atoms with Crippen molar-refractivity contribution in [3.05, 3.63) is 46.5 Å². The molecular weight excluding hydrogens is 232 g/mol. The highest BCUT2D eigenvalue weighted by Crippen LogP contribution is 2.31. The molecule has 6 heteroatoms. The molecule has 0 aliphatic carbocycles. The Labute approximate surface area is 104 Å². The molecule has 0 aliphatic rings. The van der Waals surface area contributed by atoms with E-state index in [-0.39, 0.29) is 10.6 Å². The van der Waals surface area contributed by atoms with E-state index < -0.39 is 0 Å². The molecule has 1 N–H and O–H groups in total. The summed E-state index contributed by atoms with van der Waals surface area (Å²) in [5, 5.41) is 14.3. The van der Waals surface area contributed by atoms with E-state index in [1.54, 1.807) is 35.2 Å². The molecule has 0 unspecified atom stereocenters. The summed E-state index contributed by atoms with van der Waals surface area (Å²) in [4.78, 5) is 15.0. The Kier molecular flexibility index (Phi) is 3.27. The van der Waals surface area contributed by atoms with Crippen LogP contribution < -0.4 is 5.32 Å². The van der Waals surface area contributed by atoms with E-state index in [9.17, 15) is 10.1 Å². The third-order valence-corrected chi connectivity index (χ3v) is 2.65. The lowest BCUT2D eigenvalue weighted by molar-refractivity contribution is -0.383. The first-order chi connectivity index (χ1) is 8.65. The van der Waals surface area contributed by atoms with Crippen LogP contribution >= 0.6 is 0 Å². The van der Waals surface area contributed by atoms with Crippen LogP contribution in [0.4, 0.5) is 11.4 Å². The first kappa shape index (κ1) is 12.1. The molecule has 0 aliphatic heterocycles. The largest absolute Gasteiger partial charge is 0.380 e. The quantitative estimate of drug-likeness (QED) is 0.664. The van der Waals surface area contributed by atoms with Crippen molar-refractivity contribution >= 4 is 11.4 Å². The number of anilines is 1. The maximum absolute atomic E-state index is 11.3. The Hall–Kier alpha value is -2.37. The number of hydrogen-bond donors (Lipinski definition) is 1. The Balaban J connectivity index is 2.64. The monoisotopic (exact) mass is 246 g/mol. The van der Waals surface area contributed by atoms with Crippen molar-refractivity contribution in [1.82, 2.24) is 9.55 Å². The number of hydrogen-bond acceptors (Lipinski definition) is 4. The summed E-state index contributed by atoms with van der Waals surface area (Å²) in [6.45, 7) is 4.34. The molecule has 0 atom stereocenters. The van der Waals surface area contributed by atoms with Gasteiger partial charge in [-0.2, -0.15) is 0 Å². The van der Waals surface area contributed by atoms with Gasteiger partial charge in [-0.25, -0.2) is 4.98 Å². The minimum Gasteiger partial charge on any atom is -0.380 e. The number of aromatic nitrogens is 2. The predicted octanol–water partition coefficient (Wildman–Crippen LogP) is 2.52. The number of nitro groups is 1. The van der Waals surface area contributed by atoms with Crippen LogP contribution in [0.2, 0.25) is 0 Å². The lowest BCUT2D eigenvalue weighted by atomic mass is 10.2. The van der Waals surface area contributed by atoms with Crippen molar-refractivity contribution in [2.75, 3.05) is 11.9 Å². The highest BCUT2D eigenvalue weighted by atomic mass is 16.6. The molecule has 0 saturated carbocycles. The second-order valence-electron chi connectivity index (χ2n) is 3.81. The van der Waals surface area contributed by atoms with E-state index in [0.29, 0.717) is 23.7 Å². The van der Waals surface area contributed by atoms with Crippen molar-refractivity contribution in [2.24, 2.45) is 0 Å². The topological polar surface area (TPSA) is 73.0 Å². The number of rotatable bonds is 4. The van der Waals surface area contributed by atoms with Gasteiger partial charge in [0.2, 0.25) is 0 Å². The molecular formula is C12H14N4O2. The molecule has 18 heavy (non-hydrogen) atoms. The number of benzene rings is 1. The molecule has 2 rings (SSSR count). The number of aryl methyl sites for hydroxylation is 1. The van der Waals surface area contributed by atoms with Gasteiger partial charge >= 0.3 is 5.69 Å². The van der Waals surface area contributed by atoms with Gasteiger partial charge in [-0.1, -0.05) is 6.07 Å². The van der Waals surface area contributed by atoms with Gasteiger partial charge in [0.1, 0.15) is 17.2 Å². The highest BCUT2D eigenvalue weighted by molar-refractivity contribution is 5.71. The van der Waals surface area contributed by atoms with Gasteiger partial charge in [-0.15, -0.1) is 0 Å².